The van der Waals surface area contributed by atoms with E-state index < -0.39 is 18.2 Å². The molecular formula is C10H18F3NO2. The van der Waals surface area contributed by atoms with E-state index in [1.54, 1.807) is 5.32 Å². The maximum Gasteiger partial charge on any atom is 0.471 e. The van der Waals surface area contributed by atoms with Crippen molar-refractivity contribution < 1.29 is 23.1 Å². The molecule has 6 heteroatoms. The molecule has 0 saturated heterocycles. The molecule has 0 bridgehead atoms. The molecule has 1 amide bonds. The molecule has 0 aromatic carbocycles. The van der Waals surface area contributed by atoms with Crippen LogP contribution in [0, 0.1) is 0 Å². The minimum atomic E-state index is -4.87. The summed E-state index contributed by atoms with van der Waals surface area (Å²) in [5.74, 6) is -2.00. The summed E-state index contributed by atoms with van der Waals surface area (Å²) >= 11 is 0. The van der Waals surface area contributed by atoms with Crippen LogP contribution in [0.4, 0.5) is 13.2 Å². The molecule has 2 N–H and O–H groups in total. The third-order valence-corrected chi connectivity index (χ3v) is 2.15. The van der Waals surface area contributed by atoms with Crippen molar-refractivity contribution in [1.82, 2.24) is 5.32 Å². The van der Waals surface area contributed by atoms with E-state index in [9.17, 15) is 23.1 Å². The molecule has 0 aromatic heterocycles. The maximum absolute atomic E-state index is 11.8. The molecule has 0 aliphatic heterocycles. The lowest BCUT2D eigenvalue weighted by Crippen LogP contribution is -2.40. The van der Waals surface area contributed by atoms with Gasteiger partial charge in [0.05, 0.1) is 6.10 Å². The maximum atomic E-state index is 11.8. The largest absolute Gasteiger partial charge is 0.471 e. The van der Waals surface area contributed by atoms with Gasteiger partial charge < -0.3 is 10.4 Å². The number of aliphatic hydroxyl groups is 1. The molecule has 96 valence electrons. The number of hydrogen-bond acceptors (Lipinski definition) is 2. The van der Waals surface area contributed by atoms with Crippen molar-refractivity contribution in [1.29, 1.82) is 0 Å². The number of carbonyl (C=O) groups excluding carboxylic acids is 1. The van der Waals surface area contributed by atoms with E-state index in [4.69, 9.17) is 0 Å². The highest BCUT2D eigenvalue weighted by molar-refractivity contribution is 5.81. The molecule has 1 unspecified atom stereocenters. The van der Waals surface area contributed by atoms with Crippen LogP contribution in [0.3, 0.4) is 0 Å². The SMILES string of the molecule is CCCCCCC(O)CNC(=O)C(F)(F)F. The van der Waals surface area contributed by atoms with Gasteiger partial charge in [-0.15, -0.1) is 0 Å². The van der Waals surface area contributed by atoms with Gasteiger partial charge in [0.25, 0.3) is 0 Å². The Morgan fingerprint density at radius 3 is 2.44 bits per heavy atom. The molecule has 0 radical (unpaired) electrons. The van der Waals surface area contributed by atoms with Crippen molar-refractivity contribution >= 4 is 5.91 Å². The smallest absolute Gasteiger partial charge is 0.391 e. The van der Waals surface area contributed by atoms with E-state index in [1.165, 1.54) is 0 Å². The van der Waals surface area contributed by atoms with Crippen molar-refractivity contribution in [2.45, 2.75) is 51.3 Å². The molecule has 0 heterocycles. The number of amides is 1. The van der Waals surface area contributed by atoms with Crippen LogP contribution >= 0.6 is 0 Å². The van der Waals surface area contributed by atoms with Crippen molar-refractivity contribution in [3.8, 4) is 0 Å². The first-order valence-corrected chi connectivity index (χ1v) is 5.41. The van der Waals surface area contributed by atoms with Gasteiger partial charge in [-0.1, -0.05) is 32.6 Å². The molecule has 0 rings (SSSR count). The fourth-order valence-corrected chi connectivity index (χ4v) is 1.22. The second-order valence-corrected chi connectivity index (χ2v) is 3.71. The van der Waals surface area contributed by atoms with Crippen LogP contribution in [0.25, 0.3) is 0 Å². The van der Waals surface area contributed by atoms with Gasteiger partial charge in [-0.2, -0.15) is 13.2 Å². The first-order valence-electron chi connectivity index (χ1n) is 5.41. The number of carbonyl (C=O) groups is 1. The summed E-state index contributed by atoms with van der Waals surface area (Å²) in [6.45, 7) is 1.70. The van der Waals surface area contributed by atoms with E-state index in [1.807, 2.05) is 6.92 Å². The van der Waals surface area contributed by atoms with Crippen molar-refractivity contribution in [2.24, 2.45) is 0 Å². The normalized spacial score (nSPS) is 13.6. The molecule has 0 saturated carbocycles. The molecule has 16 heavy (non-hydrogen) atoms. The Morgan fingerprint density at radius 1 is 1.31 bits per heavy atom. The van der Waals surface area contributed by atoms with E-state index in [0.29, 0.717) is 6.42 Å². The topological polar surface area (TPSA) is 49.3 Å². The second kappa shape index (κ2) is 7.49. The van der Waals surface area contributed by atoms with Crippen LogP contribution in [0.15, 0.2) is 0 Å². The summed E-state index contributed by atoms with van der Waals surface area (Å²) in [5.41, 5.74) is 0. The predicted molar refractivity (Wildman–Crippen MR) is 53.8 cm³/mol. The average Bonchev–Trinajstić information content (AvgIpc) is 2.19. The zero-order valence-electron chi connectivity index (χ0n) is 9.31. The Labute approximate surface area is 93.0 Å². The Hall–Kier alpha value is -0.780. The number of rotatable bonds is 7. The lowest BCUT2D eigenvalue weighted by Gasteiger charge is -2.12. The average molecular weight is 241 g/mol. The minimum Gasteiger partial charge on any atom is -0.391 e. The van der Waals surface area contributed by atoms with Crippen molar-refractivity contribution in [3.63, 3.8) is 0 Å². The summed E-state index contributed by atoms with van der Waals surface area (Å²) in [6, 6.07) is 0. The minimum absolute atomic E-state index is 0.343. The monoisotopic (exact) mass is 241 g/mol. The van der Waals surface area contributed by atoms with Gasteiger partial charge in [-0.05, 0) is 6.42 Å². The molecule has 1 atom stereocenters. The lowest BCUT2D eigenvalue weighted by atomic mass is 10.1. The summed E-state index contributed by atoms with van der Waals surface area (Å²) in [4.78, 5) is 10.4. The van der Waals surface area contributed by atoms with Crippen LogP contribution in [0.2, 0.25) is 0 Å². The summed E-state index contributed by atoms with van der Waals surface area (Å²) in [7, 11) is 0. The van der Waals surface area contributed by atoms with Crippen LogP contribution in [0.1, 0.15) is 39.0 Å². The Kier molecular flexibility index (Phi) is 7.12. The van der Waals surface area contributed by atoms with Gasteiger partial charge in [-0.3, -0.25) is 4.79 Å². The molecule has 0 aliphatic rings. The lowest BCUT2D eigenvalue weighted by molar-refractivity contribution is -0.174. The summed E-state index contributed by atoms with van der Waals surface area (Å²) < 4.78 is 35.3. The summed E-state index contributed by atoms with van der Waals surface area (Å²) in [5, 5.41) is 10.9. The third-order valence-electron chi connectivity index (χ3n) is 2.15. The van der Waals surface area contributed by atoms with Gasteiger partial charge in [0.1, 0.15) is 0 Å². The fourth-order valence-electron chi connectivity index (χ4n) is 1.22. The number of unbranched alkanes of at least 4 members (excludes halogenated alkanes) is 3. The number of nitrogens with one attached hydrogen (secondary N) is 1. The van der Waals surface area contributed by atoms with E-state index in [-0.39, 0.29) is 6.54 Å². The molecule has 0 aliphatic carbocycles. The van der Waals surface area contributed by atoms with Crippen LogP contribution in [-0.2, 0) is 4.79 Å². The summed E-state index contributed by atoms with van der Waals surface area (Å²) in [6.07, 6.45) is -1.55. The van der Waals surface area contributed by atoms with Gasteiger partial charge in [0.2, 0.25) is 0 Å². The first-order chi connectivity index (χ1) is 7.38. The highest BCUT2D eigenvalue weighted by Crippen LogP contribution is 2.14. The molecule has 0 fully saturated rings. The first kappa shape index (κ1) is 15.2. The van der Waals surface area contributed by atoms with E-state index in [0.717, 1.165) is 25.7 Å². The quantitative estimate of drug-likeness (QED) is 0.670. The Morgan fingerprint density at radius 2 is 1.94 bits per heavy atom. The van der Waals surface area contributed by atoms with Gasteiger partial charge in [0, 0.05) is 6.54 Å². The van der Waals surface area contributed by atoms with E-state index in [2.05, 4.69) is 0 Å². The van der Waals surface area contributed by atoms with E-state index >= 15 is 0 Å². The van der Waals surface area contributed by atoms with Crippen molar-refractivity contribution in [2.75, 3.05) is 6.54 Å². The van der Waals surface area contributed by atoms with Crippen molar-refractivity contribution in [3.05, 3.63) is 0 Å². The number of halogens is 3. The van der Waals surface area contributed by atoms with Crippen LogP contribution in [-0.4, -0.2) is 29.8 Å². The zero-order valence-corrected chi connectivity index (χ0v) is 9.31. The Bertz CT molecular complexity index is 207. The number of hydrogen-bond donors (Lipinski definition) is 2. The number of alkyl halides is 3. The third kappa shape index (κ3) is 7.50. The zero-order chi connectivity index (χ0) is 12.6. The van der Waals surface area contributed by atoms with Crippen LogP contribution in [0.5, 0.6) is 0 Å². The molecule has 0 aromatic rings. The molecule has 0 spiro atoms. The second-order valence-electron chi connectivity index (χ2n) is 3.71. The molecular weight excluding hydrogens is 223 g/mol. The standard InChI is InChI=1S/C10H18F3NO2/c1-2-3-4-5-6-8(15)7-14-9(16)10(11,12)13/h8,15H,2-7H2,1H3,(H,14,16). The van der Waals surface area contributed by atoms with Gasteiger partial charge >= 0.3 is 12.1 Å². The number of aliphatic hydroxyl groups excluding tert-OH is 1. The van der Waals surface area contributed by atoms with Gasteiger partial charge in [-0.25, -0.2) is 0 Å². The highest BCUT2D eigenvalue weighted by atomic mass is 19.4. The fraction of sp³-hybridized carbons (Fsp3) is 0.900. The Balaban J connectivity index is 3.57. The van der Waals surface area contributed by atoms with Gasteiger partial charge in [0.15, 0.2) is 0 Å². The molecule has 3 nitrogen and oxygen atoms in total. The highest BCUT2D eigenvalue weighted by Gasteiger charge is 2.38. The predicted octanol–water partition coefficient (Wildman–Crippen LogP) is 2.00. The van der Waals surface area contributed by atoms with Crippen LogP contribution < -0.4 is 5.32 Å².